The topological polar surface area (TPSA) is 38.0 Å². The van der Waals surface area contributed by atoms with Crippen molar-refractivity contribution in [3.8, 4) is 0 Å². The van der Waals surface area contributed by atoms with Crippen LogP contribution in [-0.2, 0) is 6.42 Å². The Morgan fingerprint density at radius 3 is 2.65 bits per heavy atom. The van der Waals surface area contributed by atoms with Gasteiger partial charge in [-0.2, -0.15) is 0 Å². The molecule has 2 aromatic rings. The van der Waals surface area contributed by atoms with E-state index in [2.05, 4.69) is 5.43 Å². The van der Waals surface area contributed by atoms with Crippen molar-refractivity contribution in [2.75, 3.05) is 0 Å². The lowest BCUT2D eigenvalue weighted by Crippen LogP contribution is -2.29. The number of benzene rings is 1. The second kappa shape index (κ2) is 5.60. The molecule has 17 heavy (non-hydrogen) atoms. The first kappa shape index (κ1) is 12.5. The van der Waals surface area contributed by atoms with Crippen LogP contribution in [0, 0.1) is 5.82 Å². The van der Waals surface area contributed by atoms with Crippen LogP contribution in [0.4, 0.5) is 4.39 Å². The minimum Gasteiger partial charge on any atom is -0.271 e. The third kappa shape index (κ3) is 3.04. The van der Waals surface area contributed by atoms with Gasteiger partial charge in [0.05, 0.1) is 10.4 Å². The van der Waals surface area contributed by atoms with Crippen molar-refractivity contribution in [3.05, 3.63) is 57.0 Å². The largest absolute Gasteiger partial charge is 0.271 e. The van der Waals surface area contributed by atoms with E-state index in [4.69, 9.17) is 17.4 Å². The molecule has 2 nitrogen and oxygen atoms in total. The lowest BCUT2D eigenvalue weighted by Gasteiger charge is -2.14. The molecule has 3 N–H and O–H groups in total. The van der Waals surface area contributed by atoms with Crippen LogP contribution in [0.15, 0.2) is 36.4 Å². The highest BCUT2D eigenvalue weighted by atomic mass is 35.5. The fourth-order valence-corrected chi connectivity index (χ4v) is 2.76. The molecule has 1 heterocycles. The van der Waals surface area contributed by atoms with Crippen molar-refractivity contribution in [2.24, 2.45) is 5.84 Å². The van der Waals surface area contributed by atoms with Crippen molar-refractivity contribution < 1.29 is 4.39 Å². The van der Waals surface area contributed by atoms with Gasteiger partial charge in [-0.05, 0) is 30.2 Å². The predicted molar refractivity (Wildman–Crippen MR) is 69.5 cm³/mol. The Bertz CT molecular complexity index is 501. The molecule has 0 aliphatic rings. The summed E-state index contributed by atoms with van der Waals surface area (Å²) in [6.45, 7) is 0. The monoisotopic (exact) mass is 270 g/mol. The molecule has 0 radical (unpaired) electrons. The van der Waals surface area contributed by atoms with Crippen molar-refractivity contribution >= 4 is 22.9 Å². The Hall–Kier alpha value is -0.940. The van der Waals surface area contributed by atoms with Gasteiger partial charge in [0.15, 0.2) is 0 Å². The van der Waals surface area contributed by atoms with Gasteiger partial charge in [-0.25, -0.2) is 4.39 Å². The van der Waals surface area contributed by atoms with Crippen LogP contribution in [0.2, 0.25) is 4.34 Å². The highest BCUT2D eigenvalue weighted by Crippen LogP contribution is 2.28. The number of hydrazine groups is 1. The molecule has 90 valence electrons. The zero-order valence-electron chi connectivity index (χ0n) is 8.99. The van der Waals surface area contributed by atoms with Crippen LogP contribution in [0.5, 0.6) is 0 Å². The second-order valence-corrected chi connectivity index (χ2v) is 5.40. The van der Waals surface area contributed by atoms with Gasteiger partial charge in [0.2, 0.25) is 0 Å². The maximum absolute atomic E-state index is 13.5. The number of nitrogens with one attached hydrogen (secondary N) is 1. The van der Waals surface area contributed by atoms with Gasteiger partial charge in [0.1, 0.15) is 5.82 Å². The summed E-state index contributed by atoms with van der Waals surface area (Å²) in [5.74, 6) is 5.29. The maximum atomic E-state index is 13.5. The van der Waals surface area contributed by atoms with Gasteiger partial charge in [-0.15, -0.1) is 11.3 Å². The summed E-state index contributed by atoms with van der Waals surface area (Å²) >= 11 is 7.32. The molecule has 2 rings (SSSR count). The van der Waals surface area contributed by atoms with E-state index < -0.39 is 0 Å². The summed E-state index contributed by atoms with van der Waals surface area (Å²) in [5, 5.41) is 0. The maximum Gasteiger partial charge on any atom is 0.126 e. The zero-order valence-corrected chi connectivity index (χ0v) is 10.6. The zero-order chi connectivity index (χ0) is 12.3. The molecule has 0 saturated carbocycles. The van der Waals surface area contributed by atoms with Gasteiger partial charge < -0.3 is 0 Å². The third-order valence-corrected chi connectivity index (χ3v) is 3.87. The number of halogens is 2. The summed E-state index contributed by atoms with van der Waals surface area (Å²) in [6, 6.07) is 10.3. The Balaban J connectivity index is 2.18. The molecule has 1 aromatic heterocycles. The Morgan fingerprint density at radius 2 is 2.06 bits per heavy atom. The predicted octanol–water partition coefficient (Wildman–Crippen LogP) is 3.29. The first-order chi connectivity index (χ1) is 8.20. The summed E-state index contributed by atoms with van der Waals surface area (Å²) < 4.78 is 14.2. The molecule has 0 fully saturated rings. The summed E-state index contributed by atoms with van der Waals surface area (Å²) in [6.07, 6.45) is 0.500. The summed E-state index contributed by atoms with van der Waals surface area (Å²) in [4.78, 5) is 1.00. The van der Waals surface area contributed by atoms with Crippen molar-refractivity contribution in [2.45, 2.75) is 12.5 Å². The number of nitrogens with two attached hydrogens (primary N) is 1. The van der Waals surface area contributed by atoms with Gasteiger partial charge in [-0.3, -0.25) is 11.3 Å². The van der Waals surface area contributed by atoms with Gasteiger partial charge >= 0.3 is 0 Å². The lowest BCUT2D eigenvalue weighted by atomic mass is 10.0. The van der Waals surface area contributed by atoms with E-state index >= 15 is 0 Å². The quantitative estimate of drug-likeness (QED) is 0.661. The molecule has 1 unspecified atom stereocenters. The number of hydrogen-bond donors (Lipinski definition) is 2. The molecule has 0 aliphatic heterocycles. The van der Waals surface area contributed by atoms with Gasteiger partial charge in [-0.1, -0.05) is 29.8 Å². The van der Waals surface area contributed by atoms with E-state index in [1.165, 1.54) is 17.4 Å². The smallest absolute Gasteiger partial charge is 0.126 e. The third-order valence-electron chi connectivity index (χ3n) is 2.52. The molecule has 0 aliphatic carbocycles. The standard InChI is InChI=1S/C12H12ClFN2S/c13-12-6-5-11(17-12)10(16-15)7-8-3-1-2-4-9(8)14/h1-6,10,16H,7,15H2. The second-order valence-electron chi connectivity index (χ2n) is 3.66. The first-order valence-corrected chi connectivity index (χ1v) is 6.35. The Morgan fingerprint density at radius 1 is 1.29 bits per heavy atom. The van der Waals surface area contributed by atoms with Crippen LogP contribution in [0.3, 0.4) is 0 Å². The normalized spacial score (nSPS) is 12.6. The fraction of sp³-hybridized carbons (Fsp3) is 0.167. The van der Waals surface area contributed by atoms with E-state index in [1.807, 2.05) is 18.2 Å². The van der Waals surface area contributed by atoms with E-state index in [9.17, 15) is 4.39 Å². The molecule has 0 saturated heterocycles. The molecule has 0 amide bonds. The van der Waals surface area contributed by atoms with Crippen molar-refractivity contribution in [1.29, 1.82) is 0 Å². The number of rotatable bonds is 4. The van der Waals surface area contributed by atoms with Crippen molar-refractivity contribution in [1.82, 2.24) is 5.43 Å². The molecule has 0 spiro atoms. The van der Waals surface area contributed by atoms with E-state index in [1.54, 1.807) is 12.1 Å². The Kier molecular flexibility index (Phi) is 4.12. The summed E-state index contributed by atoms with van der Waals surface area (Å²) in [5.41, 5.74) is 3.33. The van der Waals surface area contributed by atoms with Gasteiger partial charge in [0.25, 0.3) is 0 Å². The molecular weight excluding hydrogens is 259 g/mol. The SMILES string of the molecule is NNC(Cc1ccccc1F)c1ccc(Cl)s1. The van der Waals surface area contributed by atoms with Crippen LogP contribution in [0.25, 0.3) is 0 Å². The van der Waals surface area contributed by atoms with Gasteiger partial charge in [0, 0.05) is 4.88 Å². The van der Waals surface area contributed by atoms with Crippen LogP contribution in [0.1, 0.15) is 16.5 Å². The highest BCUT2D eigenvalue weighted by Gasteiger charge is 2.14. The molecule has 1 aromatic carbocycles. The van der Waals surface area contributed by atoms with Crippen LogP contribution < -0.4 is 11.3 Å². The minimum atomic E-state index is -0.213. The molecular formula is C12H12ClFN2S. The molecule has 1 atom stereocenters. The number of thiophene rings is 1. The summed E-state index contributed by atoms with van der Waals surface area (Å²) in [7, 11) is 0. The number of hydrogen-bond acceptors (Lipinski definition) is 3. The molecule has 5 heteroatoms. The fourth-order valence-electron chi connectivity index (χ4n) is 1.64. The van der Waals surface area contributed by atoms with Crippen LogP contribution in [-0.4, -0.2) is 0 Å². The van der Waals surface area contributed by atoms with Crippen molar-refractivity contribution in [3.63, 3.8) is 0 Å². The average Bonchev–Trinajstić information content (AvgIpc) is 2.75. The van der Waals surface area contributed by atoms with E-state index in [0.717, 1.165) is 4.88 Å². The Labute approximate surface area is 108 Å². The van der Waals surface area contributed by atoms with E-state index in [0.29, 0.717) is 16.3 Å². The van der Waals surface area contributed by atoms with Crippen LogP contribution >= 0.6 is 22.9 Å². The molecule has 0 bridgehead atoms. The first-order valence-electron chi connectivity index (χ1n) is 5.15. The minimum absolute atomic E-state index is 0.121. The van der Waals surface area contributed by atoms with E-state index in [-0.39, 0.29) is 11.9 Å². The lowest BCUT2D eigenvalue weighted by molar-refractivity contribution is 0.535. The highest BCUT2D eigenvalue weighted by molar-refractivity contribution is 7.16. The average molecular weight is 271 g/mol.